The molecule has 1 saturated heterocycles. The summed E-state index contributed by atoms with van der Waals surface area (Å²) in [6.07, 6.45) is 0. The van der Waals surface area contributed by atoms with Crippen molar-refractivity contribution in [3.63, 3.8) is 0 Å². The van der Waals surface area contributed by atoms with Gasteiger partial charge < -0.3 is 14.5 Å². The van der Waals surface area contributed by atoms with Crippen molar-refractivity contribution in [1.29, 1.82) is 0 Å². The van der Waals surface area contributed by atoms with Gasteiger partial charge in [-0.15, -0.1) is 0 Å². The number of carbonyl (C=O) groups excluding carboxylic acids is 1. The molecule has 1 aliphatic heterocycles. The Kier molecular flexibility index (Phi) is 6.09. The lowest BCUT2D eigenvalue weighted by Gasteiger charge is -2.36. The Morgan fingerprint density at radius 3 is 2.21 bits per heavy atom. The molecule has 0 spiro atoms. The Morgan fingerprint density at radius 1 is 1.03 bits per heavy atom. The number of amides is 1. The van der Waals surface area contributed by atoms with Gasteiger partial charge in [0.1, 0.15) is 16.5 Å². The van der Waals surface area contributed by atoms with Crippen LogP contribution in [0.2, 0.25) is 0 Å². The van der Waals surface area contributed by atoms with Crippen LogP contribution in [0.1, 0.15) is 10.4 Å². The summed E-state index contributed by atoms with van der Waals surface area (Å²) in [5, 5.41) is 0. The second kappa shape index (κ2) is 8.38. The fourth-order valence-electron chi connectivity index (χ4n) is 3.17. The third-order valence-electron chi connectivity index (χ3n) is 4.94. The lowest BCUT2D eigenvalue weighted by atomic mass is 10.1. The van der Waals surface area contributed by atoms with Gasteiger partial charge in [-0.3, -0.25) is 4.79 Å². The fourth-order valence-corrected chi connectivity index (χ4v) is 4.16. The molecule has 29 heavy (non-hydrogen) atoms. The van der Waals surface area contributed by atoms with E-state index in [9.17, 15) is 17.6 Å². The van der Waals surface area contributed by atoms with Gasteiger partial charge in [-0.25, -0.2) is 17.1 Å². The Balaban J connectivity index is 1.72. The normalized spacial score (nSPS) is 14.9. The van der Waals surface area contributed by atoms with Crippen molar-refractivity contribution >= 4 is 21.6 Å². The molecule has 0 bridgehead atoms. The first-order chi connectivity index (χ1) is 13.7. The van der Waals surface area contributed by atoms with Crippen molar-refractivity contribution in [1.82, 2.24) is 9.21 Å². The highest BCUT2D eigenvalue weighted by Gasteiger charge is 2.26. The van der Waals surface area contributed by atoms with E-state index in [1.807, 2.05) is 24.3 Å². The summed E-state index contributed by atoms with van der Waals surface area (Å²) in [6.45, 7) is 2.25. The maximum atomic E-state index is 14.1. The lowest BCUT2D eigenvalue weighted by Crippen LogP contribution is -2.48. The molecule has 1 aliphatic rings. The van der Waals surface area contributed by atoms with Crippen LogP contribution in [0.4, 0.5) is 10.1 Å². The Morgan fingerprint density at radius 2 is 1.66 bits per heavy atom. The van der Waals surface area contributed by atoms with E-state index in [-0.39, 0.29) is 11.5 Å². The van der Waals surface area contributed by atoms with Crippen molar-refractivity contribution in [2.24, 2.45) is 0 Å². The van der Waals surface area contributed by atoms with Crippen molar-refractivity contribution in [3.05, 3.63) is 53.8 Å². The number of hydrogen-bond acceptors (Lipinski definition) is 5. The van der Waals surface area contributed by atoms with E-state index in [2.05, 4.69) is 4.90 Å². The number of carbonyl (C=O) groups is 1. The highest BCUT2D eigenvalue weighted by atomic mass is 32.2. The second-order valence-corrected chi connectivity index (χ2v) is 9.03. The predicted molar refractivity (Wildman–Crippen MR) is 108 cm³/mol. The molecule has 0 radical (unpaired) electrons. The summed E-state index contributed by atoms with van der Waals surface area (Å²) in [5.41, 5.74) is 1.20. The van der Waals surface area contributed by atoms with Gasteiger partial charge >= 0.3 is 0 Å². The maximum Gasteiger partial charge on any atom is 0.254 e. The molecule has 0 N–H and O–H groups in total. The van der Waals surface area contributed by atoms with Gasteiger partial charge in [0.05, 0.1) is 7.11 Å². The predicted octanol–water partition coefficient (Wildman–Crippen LogP) is 2.05. The number of anilines is 1. The summed E-state index contributed by atoms with van der Waals surface area (Å²) >= 11 is 0. The van der Waals surface area contributed by atoms with Gasteiger partial charge in [-0.1, -0.05) is 0 Å². The van der Waals surface area contributed by atoms with E-state index >= 15 is 0 Å². The number of halogens is 1. The van der Waals surface area contributed by atoms with E-state index in [1.165, 1.54) is 20.2 Å². The summed E-state index contributed by atoms with van der Waals surface area (Å²) in [6, 6.07) is 11.2. The third-order valence-corrected chi connectivity index (χ3v) is 6.77. The molecule has 0 unspecified atom stereocenters. The first kappa shape index (κ1) is 21.1. The largest absolute Gasteiger partial charge is 0.497 e. The molecule has 2 aromatic carbocycles. The van der Waals surface area contributed by atoms with Gasteiger partial charge in [-0.05, 0) is 42.5 Å². The molecule has 0 aliphatic carbocycles. The van der Waals surface area contributed by atoms with Gasteiger partial charge in [0.15, 0.2) is 0 Å². The molecule has 0 saturated carbocycles. The van der Waals surface area contributed by atoms with E-state index in [1.54, 1.807) is 12.0 Å². The minimum Gasteiger partial charge on any atom is -0.497 e. The highest BCUT2D eigenvalue weighted by Crippen LogP contribution is 2.23. The van der Waals surface area contributed by atoms with Gasteiger partial charge in [0.2, 0.25) is 10.0 Å². The monoisotopic (exact) mass is 421 g/mol. The summed E-state index contributed by atoms with van der Waals surface area (Å²) in [7, 11) is 0.282. The number of piperazine rings is 1. The van der Waals surface area contributed by atoms with Crippen molar-refractivity contribution in [2.75, 3.05) is 52.3 Å². The fraction of sp³-hybridized carbons (Fsp3) is 0.350. The number of nitrogens with zero attached hydrogens (tertiary/aromatic N) is 3. The summed E-state index contributed by atoms with van der Waals surface area (Å²) < 4.78 is 44.8. The highest BCUT2D eigenvalue weighted by molar-refractivity contribution is 7.89. The Bertz CT molecular complexity index is 985. The van der Waals surface area contributed by atoms with E-state index in [0.29, 0.717) is 26.2 Å². The Hall–Kier alpha value is -2.65. The molecule has 1 fully saturated rings. The van der Waals surface area contributed by atoms with E-state index in [0.717, 1.165) is 27.9 Å². The van der Waals surface area contributed by atoms with Crippen LogP contribution in [-0.4, -0.2) is 70.9 Å². The number of hydrogen-bond donors (Lipinski definition) is 0. The molecular weight excluding hydrogens is 397 g/mol. The SMILES string of the molecule is COc1ccc(N2CCN(C(=O)c3ccc(F)c(S(=O)(=O)N(C)C)c3)CC2)cc1. The van der Waals surface area contributed by atoms with Gasteiger partial charge in [0.25, 0.3) is 5.91 Å². The molecule has 156 valence electrons. The van der Waals surface area contributed by atoms with Crippen LogP contribution in [0, 0.1) is 5.82 Å². The number of ether oxygens (including phenoxy) is 1. The van der Waals surface area contributed by atoms with Crippen LogP contribution in [0.5, 0.6) is 5.75 Å². The van der Waals surface area contributed by atoms with E-state index in [4.69, 9.17) is 4.74 Å². The molecule has 7 nitrogen and oxygen atoms in total. The summed E-state index contributed by atoms with van der Waals surface area (Å²) in [4.78, 5) is 16.2. The quantitative estimate of drug-likeness (QED) is 0.739. The topological polar surface area (TPSA) is 70.2 Å². The van der Waals surface area contributed by atoms with Crippen LogP contribution >= 0.6 is 0 Å². The van der Waals surface area contributed by atoms with Crippen LogP contribution < -0.4 is 9.64 Å². The van der Waals surface area contributed by atoms with Crippen molar-refractivity contribution < 1.29 is 22.3 Å². The zero-order valence-electron chi connectivity index (χ0n) is 16.6. The second-order valence-electron chi connectivity index (χ2n) is 6.91. The molecule has 0 atom stereocenters. The number of rotatable bonds is 5. The molecular formula is C20H24FN3O4S. The molecule has 3 rings (SSSR count). The van der Waals surface area contributed by atoms with Crippen LogP contribution in [0.3, 0.4) is 0 Å². The average Bonchev–Trinajstić information content (AvgIpc) is 2.73. The number of methoxy groups -OCH3 is 1. The van der Waals surface area contributed by atoms with Crippen LogP contribution in [0.25, 0.3) is 0 Å². The van der Waals surface area contributed by atoms with Gasteiger partial charge in [-0.2, -0.15) is 0 Å². The molecule has 1 amide bonds. The standard InChI is InChI=1S/C20H24FN3O4S/c1-22(2)29(26,27)19-14-15(4-9-18(19)21)20(25)24-12-10-23(11-13-24)16-5-7-17(28-3)8-6-16/h4-9,14H,10-13H2,1-3H3. The van der Waals surface area contributed by atoms with Crippen LogP contribution in [-0.2, 0) is 10.0 Å². The minimum absolute atomic E-state index is 0.157. The maximum absolute atomic E-state index is 14.1. The number of benzene rings is 2. The first-order valence-electron chi connectivity index (χ1n) is 9.14. The van der Waals surface area contributed by atoms with E-state index < -0.39 is 20.7 Å². The zero-order valence-corrected chi connectivity index (χ0v) is 17.4. The van der Waals surface area contributed by atoms with Crippen LogP contribution in [0.15, 0.2) is 47.4 Å². The Labute approximate surface area is 170 Å². The minimum atomic E-state index is -3.98. The van der Waals surface area contributed by atoms with Gasteiger partial charge in [0, 0.05) is 51.5 Å². The molecule has 2 aromatic rings. The number of sulfonamides is 1. The zero-order chi connectivity index (χ0) is 21.2. The first-order valence-corrected chi connectivity index (χ1v) is 10.6. The molecule has 9 heteroatoms. The lowest BCUT2D eigenvalue weighted by molar-refractivity contribution is 0.0746. The van der Waals surface area contributed by atoms with Crippen molar-refractivity contribution in [2.45, 2.75) is 4.90 Å². The smallest absolute Gasteiger partial charge is 0.254 e. The molecule has 1 heterocycles. The molecule has 0 aromatic heterocycles. The summed E-state index contributed by atoms with van der Waals surface area (Å²) in [5.74, 6) is -0.406. The average molecular weight is 421 g/mol. The third kappa shape index (κ3) is 4.35. The van der Waals surface area contributed by atoms with Crippen molar-refractivity contribution in [3.8, 4) is 5.75 Å².